The Kier molecular flexibility index (Phi) is 5.84. The van der Waals surface area contributed by atoms with Crippen LogP contribution in [0.5, 0.6) is 5.75 Å². The lowest BCUT2D eigenvalue weighted by atomic mass is 10.3. The predicted molar refractivity (Wildman–Crippen MR) is 90.5 cm³/mol. The lowest BCUT2D eigenvalue weighted by Crippen LogP contribution is -2.35. The number of hydrogen-bond acceptors (Lipinski definition) is 3. The number of pyridine rings is 1. The second-order valence-corrected chi connectivity index (χ2v) is 5.15. The Morgan fingerprint density at radius 3 is 2.91 bits per heavy atom. The van der Waals surface area contributed by atoms with Crippen LogP contribution in [-0.4, -0.2) is 17.1 Å². The number of terminal acetylenes is 1. The molecule has 23 heavy (non-hydrogen) atoms. The molecule has 2 N–H and O–H groups in total. The van der Waals surface area contributed by atoms with E-state index in [4.69, 9.17) is 22.8 Å². The third-order valence-corrected chi connectivity index (χ3v) is 3.18. The molecule has 0 spiro atoms. The first kappa shape index (κ1) is 16.7. The number of ether oxygens (including phenoxy) is 1. The maximum atomic E-state index is 11.7. The van der Waals surface area contributed by atoms with E-state index < -0.39 is 6.03 Å². The summed E-state index contributed by atoms with van der Waals surface area (Å²) in [6.45, 7) is 2.02. The van der Waals surface area contributed by atoms with E-state index in [1.54, 1.807) is 31.3 Å². The second kappa shape index (κ2) is 8.06. The quantitative estimate of drug-likeness (QED) is 0.826. The smallest absolute Gasteiger partial charge is 0.320 e. The molecule has 1 unspecified atom stereocenters. The van der Waals surface area contributed by atoms with Gasteiger partial charge in [-0.15, -0.1) is 6.42 Å². The number of halogens is 1. The molecule has 5 nitrogen and oxygen atoms in total. The highest BCUT2D eigenvalue weighted by atomic mass is 35.5. The first-order valence-corrected chi connectivity index (χ1v) is 7.32. The summed E-state index contributed by atoms with van der Waals surface area (Å²) in [5.41, 5.74) is 1.34. The SMILES string of the molecule is C#CC(C)NC(=O)Nc1ccc(OCc2ccccn2)c(Cl)c1. The fourth-order valence-corrected chi connectivity index (χ4v) is 1.97. The van der Waals surface area contributed by atoms with Crippen LogP contribution in [0.2, 0.25) is 5.02 Å². The van der Waals surface area contributed by atoms with Crippen LogP contribution in [0.1, 0.15) is 12.6 Å². The van der Waals surface area contributed by atoms with E-state index >= 15 is 0 Å². The molecule has 1 atom stereocenters. The maximum Gasteiger partial charge on any atom is 0.320 e. The van der Waals surface area contributed by atoms with Gasteiger partial charge in [0.1, 0.15) is 12.4 Å². The van der Waals surface area contributed by atoms with Gasteiger partial charge in [0.2, 0.25) is 0 Å². The van der Waals surface area contributed by atoms with Gasteiger partial charge in [-0.2, -0.15) is 0 Å². The molecule has 0 fully saturated rings. The highest BCUT2D eigenvalue weighted by Gasteiger charge is 2.08. The van der Waals surface area contributed by atoms with Gasteiger partial charge in [0.15, 0.2) is 0 Å². The van der Waals surface area contributed by atoms with Gasteiger partial charge in [0.05, 0.1) is 16.8 Å². The van der Waals surface area contributed by atoms with Gasteiger partial charge in [0, 0.05) is 11.9 Å². The molecule has 0 aliphatic rings. The summed E-state index contributed by atoms with van der Waals surface area (Å²) in [7, 11) is 0. The standard InChI is InChI=1S/C17H16ClN3O2/c1-3-12(2)20-17(22)21-13-7-8-16(15(18)10-13)23-11-14-6-4-5-9-19-14/h1,4-10,12H,11H2,2H3,(H2,20,21,22). The van der Waals surface area contributed by atoms with E-state index in [9.17, 15) is 4.79 Å². The molecule has 0 saturated carbocycles. The monoisotopic (exact) mass is 329 g/mol. The maximum absolute atomic E-state index is 11.7. The third kappa shape index (κ3) is 5.20. The van der Waals surface area contributed by atoms with Gasteiger partial charge in [-0.3, -0.25) is 4.98 Å². The van der Waals surface area contributed by atoms with E-state index in [0.29, 0.717) is 23.1 Å². The van der Waals surface area contributed by atoms with Crippen LogP contribution < -0.4 is 15.4 Å². The van der Waals surface area contributed by atoms with Crippen molar-refractivity contribution in [2.24, 2.45) is 0 Å². The number of hydrogen-bond donors (Lipinski definition) is 2. The fraction of sp³-hybridized carbons (Fsp3) is 0.176. The number of nitrogens with one attached hydrogen (secondary N) is 2. The molecule has 0 bridgehead atoms. The largest absolute Gasteiger partial charge is 0.486 e. The summed E-state index contributed by atoms with van der Waals surface area (Å²) >= 11 is 6.16. The van der Waals surface area contributed by atoms with E-state index in [2.05, 4.69) is 21.5 Å². The van der Waals surface area contributed by atoms with E-state index in [1.807, 2.05) is 18.2 Å². The van der Waals surface area contributed by atoms with Gasteiger partial charge in [-0.05, 0) is 37.3 Å². The highest BCUT2D eigenvalue weighted by molar-refractivity contribution is 6.32. The molecule has 2 amide bonds. The average molecular weight is 330 g/mol. The zero-order valence-corrected chi connectivity index (χ0v) is 13.3. The van der Waals surface area contributed by atoms with Crippen molar-refractivity contribution >= 4 is 23.3 Å². The van der Waals surface area contributed by atoms with Crippen molar-refractivity contribution in [3.63, 3.8) is 0 Å². The molecule has 1 aromatic carbocycles. The van der Waals surface area contributed by atoms with Crippen LogP contribution in [-0.2, 0) is 6.61 Å². The molecule has 1 aromatic heterocycles. The van der Waals surface area contributed by atoms with Crippen molar-refractivity contribution in [3.05, 3.63) is 53.3 Å². The number of carbonyl (C=O) groups is 1. The minimum Gasteiger partial charge on any atom is -0.486 e. The van der Waals surface area contributed by atoms with Crippen molar-refractivity contribution in [2.75, 3.05) is 5.32 Å². The highest BCUT2D eigenvalue weighted by Crippen LogP contribution is 2.28. The lowest BCUT2D eigenvalue weighted by molar-refractivity contribution is 0.251. The summed E-state index contributed by atoms with van der Waals surface area (Å²) in [5, 5.41) is 5.63. The number of amides is 2. The van der Waals surface area contributed by atoms with Crippen LogP contribution in [0.3, 0.4) is 0 Å². The summed E-state index contributed by atoms with van der Waals surface area (Å²) in [5.74, 6) is 2.92. The Labute approximate surface area is 140 Å². The fourth-order valence-electron chi connectivity index (χ4n) is 1.74. The number of benzene rings is 1. The predicted octanol–water partition coefficient (Wildman–Crippen LogP) is 3.46. The third-order valence-electron chi connectivity index (χ3n) is 2.89. The molecule has 0 saturated heterocycles. The number of rotatable bonds is 5. The topological polar surface area (TPSA) is 63.2 Å². The minimum absolute atomic E-state index is 0.313. The molecule has 0 aliphatic heterocycles. The summed E-state index contributed by atoms with van der Waals surface area (Å²) in [4.78, 5) is 15.9. The summed E-state index contributed by atoms with van der Waals surface area (Å²) in [6.07, 6.45) is 6.90. The number of carbonyl (C=O) groups excluding carboxylic acids is 1. The molecule has 0 radical (unpaired) electrons. The van der Waals surface area contributed by atoms with Crippen LogP contribution in [0.15, 0.2) is 42.6 Å². The Balaban J connectivity index is 1.95. The zero-order chi connectivity index (χ0) is 16.7. The van der Waals surface area contributed by atoms with Crippen molar-refractivity contribution in [1.82, 2.24) is 10.3 Å². The first-order valence-electron chi connectivity index (χ1n) is 6.94. The number of aromatic nitrogens is 1. The molecule has 1 heterocycles. The molecule has 2 rings (SSSR count). The van der Waals surface area contributed by atoms with E-state index in [0.717, 1.165) is 5.69 Å². The number of anilines is 1. The van der Waals surface area contributed by atoms with Gasteiger partial charge < -0.3 is 15.4 Å². The molecule has 0 aliphatic carbocycles. The molecule has 6 heteroatoms. The van der Waals surface area contributed by atoms with E-state index in [-0.39, 0.29) is 6.04 Å². The van der Waals surface area contributed by atoms with Crippen molar-refractivity contribution in [2.45, 2.75) is 19.6 Å². The van der Waals surface area contributed by atoms with Gasteiger partial charge in [-0.25, -0.2) is 4.79 Å². The minimum atomic E-state index is -0.395. The van der Waals surface area contributed by atoms with Crippen LogP contribution in [0.25, 0.3) is 0 Å². The second-order valence-electron chi connectivity index (χ2n) is 4.74. The van der Waals surface area contributed by atoms with Gasteiger partial charge in [0.25, 0.3) is 0 Å². The summed E-state index contributed by atoms with van der Waals surface area (Å²) in [6, 6.07) is 9.82. The number of nitrogens with zero attached hydrogens (tertiary/aromatic N) is 1. The Bertz CT molecular complexity index is 714. The van der Waals surface area contributed by atoms with Gasteiger partial charge in [-0.1, -0.05) is 23.6 Å². The molecular weight excluding hydrogens is 314 g/mol. The lowest BCUT2D eigenvalue weighted by Gasteiger charge is -2.12. The number of urea groups is 1. The first-order chi connectivity index (χ1) is 11.1. The normalized spacial score (nSPS) is 11.2. The Hall–Kier alpha value is -2.71. The Morgan fingerprint density at radius 2 is 2.26 bits per heavy atom. The van der Waals surface area contributed by atoms with Crippen LogP contribution in [0.4, 0.5) is 10.5 Å². The molecule has 118 valence electrons. The van der Waals surface area contributed by atoms with E-state index in [1.165, 1.54) is 0 Å². The van der Waals surface area contributed by atoms with Crippen molar-refractivity contribution < 1.29 is 9.53 Å². The molecule has 2 aromatic rings. The van der Waals surface area contributed by atoms with Crippen LogP contribution >= 0.6 is 11.6 Å². The van der Waals surface area contributed by atoms with Crippen molar-refractivity contribution in [1.29, 1.82) is 0 Å². The molecular formula is C17H16ClN3O2. The average Bonchev–Trinajstić information content (AvgIpc) is 2.54. The van der Waals surface area contributed by atoms with Crippen LogP contribution in [0, 0.1) is 12.3 Å². The Morgan fingerprint density at radius 1 is 1.43 bits per heavy atom. The summed E-state index contributed by atoms with van der Waals surface area (Å²) < 4.78 is 5.62. The zero-order valence-electron chi connectivity index (χ0n) is 12.5. The van der Waals surface area contributed by atoms with Crippen molar-refractivity contribution in [3.8, 4) is 18.1 Å². The van der Waals surface area contributed by atoms with Gasteiger partial charge >= 0.3 is 6.03 Å².